The molecular formula is C15H18O3. The fourth-order valence-electron chi connectivity index (χ4n) is 1.85. The van der Waals surface area contributed by atoms with Gasteiger partial charge in [-0.1, -0.05) is 31.6 Å². The van der Waals surface area contributed by atoms with Gasteiger partial charge in [-0.25, -0.2) is 0 Å². The minimum absolute atomic E-state index is 0.264. The molecule has 0 amide bonds. The van der Waals surface area contributed by atoms with Crippen LogP contribution in [0.15, 0.2) is 30.4 Å². The SMILES string of the molecule is CCCC=CCc1ccc2c(c1)OC(CC=O)O2. The van der Waals surface area contributed by atoms with Crippen LogP contribution >= 0.6 is 0 Å². The van der Waals surface area contributed by atoms with Gasteiger partial charge in [-0.3, -0.25) is 0 Å². The summed E-state index contributed by atoms with van der Waals surface area (Å²) in [6.07, 6.45) is 8.17. The Morgan fingerprint density at radius 1 is 1.22 bits per heavy atom. The van der Waals surface area contributed by atoms with Crippen LogP contribution in [0.2, 0.25) is 0 Å². The lowest BCUT2D eigenvalue weighted by Crippen LogP contribution is -2.17. The van der Waals surface area contributed by atoms with Gasteiger partial charge in [-0.15, -0.1) is 0 Å². The fraction of sp³-hybridized carbons (Fsp3) is 0.400. The standard InChI is InChI=1S/C15H18O3/c1-2-3-4-5-6-12-7-8-13-14(11-12)18-15(17-13)9-10-16/h4-5,7-8,10-11,15H,2-3,6,9H2,1H3. The van der Waals surface area contributed by atoms with Crippen molar-refractivity contribution in [3.05, 3.63) is 35.9 Å². The van der Waals surface area contributed by atoms with E-state index in [2.05, 4.69) is 19.1 Å². The Hall–Kier alpha value is -1.77. The van der Waals surface area contributed by atoms with E-state index in [-0.39, 0.29) is 6.42 Å². The second-order valence-corrected chi connectivity index (χ2v) is 4.31. The Kier molecular flexibility index (Phi) is 4.40. The van der Waals surface area contributed by atoms with Gasteiger partial charge >= 0.3 is 0 Å². The smallest absolute Gasteiger partial charge is 0.248 e. The van der Waals surface area contributed by atoms with E-state index in [1.165, 1.54) is 12.0 Å². The average Bonchev–Trinajstić information content (AvgIpc) is 2.76. The first-order chi connectivity index (χ1) is 8.83. The van der Waals surface area contributed by atoms with Crippen LogP contribution in [0.4, 0.5) is 0 Å². The second-order valence-electron chi connectivity index (χ2n) is 4.31. The van der Waals surface area contributed by atoms with Crippen LogP contribution in [0.1, 0.15) is 31.7 Å². The van der Waals surface area contributed by atoms with Crippen molar-refractivity contribution in [1.29, 1.82) is 0 Å². The third-order valence-corrected chi connectivity index (χ3v) is 2.79. The third-order valence-electron chi connectivity index (χ3n) is 2.79. The van der Waals surface area contributed by atoms with Crippen molar-refractivity contribution in [2.24, 2.45) is 0 Å². The first-order valence-electron chi connectivity index (χ1n) is 6.38. The maximum atomic E-state index is 10.4. The molecule has 1 aromatic carbocycles. The maximum Gasteiger partial charge on any atom is 0.248 e. The summed E-state index contributed by atoms with van der Waals surface area (Å²) >= 11 is 0. The highest BCUT2D eigenvalue weighted by atomic mass is 16.7. The summed E-state index contributed by atoms with van der Waals surface area (Å²) in [5, 5.41) is 0. The average molecular weight is 246 g/mol. The summed E-state index contributed by atoms with van der Waals surface area (Å²) in [6.45, 7) is 2.16. The minimum Gasteiger partial charge on any atom is -0.451 e. The molecule has 3 heteroatoms. The Morgan fingerprint density at radius 2 is 2.06 bits per heavy atom. The number of ether oxygens (including phenoxy) is 2. The number of carbonyl (C=O) groups excluding carboxylic acids is 1. The van der Waals surface area contributed by atoms with Crippen LogP contribution in [0, 0.1) is 0 Å². The predicted octanol–water partition coefficient (Wildman–Crippen LogP) is 3.27. The molecular weight excluding hydrogens is 228 g/mol. The third kappa shape index (κ3) is 3.13. The van der Waals surface area contributed by atoms with Gasteiger partial charge in [-0.05, 0) is 30.5 Å². The lowest BCUT2D eigenvalue weighted by molar-refractivity contribution is -0.111. The summed E-state index contributed by atoms with van der Waals surface area (Å²) in [5.41, 5.74) is 1.19. The summed E-state index contributed by atoms with van der Waals surface area (Å²) in [6, 6.07) is 5.92. The van der Waals surface area contributed by atoms with Crippen LogP contribution in [-0.2, 0) is 11.2 Å². The highest BCUT2D eigenvalue weighted by molar-refractivity contribution is 5.52. The lowest BCUT2D eigenvalue weighted by Gasteiger charge is -2.04. The highest BCUT2D eigenvalue weighted by Crippen LogP contribution is 2.36. The fourth-order valence-corrected chi connectivity index (χ4v) is 1.85. The molecule has 1 aliphatic rings. The lowest BCUT2D eigenvalue weighted by atomic mass is 10.1. The molecule has 0 N–H and O–H groups in total. The quantitative estimate of drug-likeness (QED) is 0.571. The number of allylic oxidation sites excluding steroid dienone is 2. The van der Waals surface area contributed by atoms with E-state index >= 15 is 0 Å². The summed E-state index contributed by atoms with van der Waals surface area (Å²) in [7, 11) is 0. The normalized spacial score (nSPS) is 17.3. The molecule has 0 radical (unpaired) electrons. The second kappa shape index (κ2) is 6.24. The van der Waals surface area contributed by atoms with Crippen molar-refractivity contribution in [3.63, 3.8) is 0 Å². The maximum absolute atomic E-state index is 10.4. The molecule has 0 spiro atoms. The predicted molar refractivity (Wildman–Crippen MR) is 69.9 cm³/mol. The number of benzene rings is 1. The van der Waals surface area contributed by atoms with Gasteiger partial charge in [0.2, 0.25) is 6.29 Å². The van der Waals surface area contributed by atoms with Crippen molar-refractivity contribution < 1.29 is 14.3 Å². The number of hydrogen-bond donors (Lipinski definition) is 0. The van der Waals surface area contributed by atoms with Gasteiger partial charge in [0.05, 0.1) is 6.42 Å². The van der Waals surface area contributed by atoms with Gasteiger partial charge in [0.15, 0.2) is 11.5 Å². The molecule has 0 aliphatic carbocycles. The minimum atomic E-state index is -0.455. The number of carbonyl (C=O) groups is 1. The number of fused-ring (bicyclic) bond motifs is 1. The van der Waals surface area contributed by atoms with Gasteiger partial charge in [0.1, 0.15) is 6.29 Å². The van der Waals surface area contributed by atoms with Gasteiger partial charge in [-0.2, -0.15) is 0 Å². The topological polar surface area (TPSA) is 35.5 Å². The summed E-state index contributed by atoms with van der Waals surface area (Å²) < 4.78 is 11.0. The van der Waals surface area contributed by atoms with Gasteiger partial charge in [0, 0.05) is 0 Å². The van der Waals surface area contributed by atoms with E-state index in [9.17, 15) is 4.79 Å². The summed E-state index contributed by atoms with van der Waals surface area (Å²) in [5.74, 6) is 1.46. The Morgan fingerprint density at radius 3 is 2.83 bits per heavy atom. The van der Waals surface area contributed by atoms with Crippen LogP contribution in [0.25, 0.3) is 0 Å². The number of hydrogen-bond acceptors (Lipinski definition) is 3. The molecule has 0 saturated heterocycles. The summed E-state index contributed by atoms with van der Waals surface area (Å²) in [4.78, 5) is 10.4. The molecule has 3 nitrogen and oxygen atoms in total. The van der Waals surface area contributed by atoms with Crippen molar-refractivity contribution in [2.75, 3.05) is 0 Å². The first-order valence-corrected chi connectivity index (χ1v) is 6.38. The van der Waals surface area contributed by atoms with Crippen LogP contribution < -0.4 is 9.47 Å². The molecule has 18 heavy (non-hydrogen) atoms. The number of aldehydes is 1. The van der Waals surface area contributed by atoms with Crippen molar-refractivity contribution >= 4 is 6.29 Å². The van der Waals surface area contributed by atoms with Gasteiger partial charge < -0.3 is 14.3 Å². The van der Waals surface area contributed by atoms with Crippen molar-refractivity contribution in [1.82, 2.24) is 0 Å². The van der Waals surface area contributed by atoms with E-state index in [1.807, 2.05) is 18.2 Å². The largest absolute Gasteiger partial charge is 0.451 e. The number of unbranched alkanes of at least 4 members (excludes halogenated alkanes) is 1. The monoisotopic (exact) mass is 246 g/mol. The van der Waals surface area contributed by atoms with E-state index < -0.39 is 6.29 Å². The highest BCUT2D eigenvalue weighted by Gasteiger charge is 2.23. The van der Waals surface area contributed by atoms with Gasteiger partial charge in [0.25, 0.3) is 0 Å². The molecule has 1 unspecified atom stereocenters. The Labute approximate surface area is 107 Å². The Bertz CT molecular complexity index is 437. The van der Waals surface area contributed by atoms with Crippen molar-refractivity contribution in [2.45, 2.75) is 38.9 Å². The molecule has 1 heterocycles. The molecule has 96 valence electrons. The van der Waals surface area contributed by atoms with E-state index in [4.69, 9.17) is 9.47 Å². The van der Waals surface area contributed by atoms with Crippen molar-refractivity contribution in [3.8, 4) is 11.5 Å². The zero-order valence-corrected chi connectivity index (χ0v) is 10.6. The molecule has 0 fully saturated rings. The molecule has 0 aromatic heterocycles. The zero-order chi connectivity index (χ0) is 12.8. The molecule has 1 aromatic rings. The van der Waals surface area contributed by atoms with E-state index in [0.29, 0.717) is 0 Å². The molecule has 0 saturated carbocycles. The zero-order valence-electron chi connectivity index (χ0n) is 10.6. The van der Waals surface area contributed by atoms with E-state index in [1.54, 1.807) is 0 Å². The molecule has 0 bridgehead atoms. The van der Waals surface area contributed by atoms with Crippen LogP contribution in [0.5, 0.6) is 11.5 Å². The molecule has 1 aliphatic heterocycles. The molecule has 2 rings (SSSR count). The van der Waals surface area contributed by atoms with E-state index in [0.717, 1.165) is 30.6 Å². The van der Waals surface area contributed by atoms with Crippen LogP contribution in [-0.4, -0.2) is 12.6 Å². The molecule has 1 atom stereocenters. The van der Waals surface area contributed by atoms with Crippen LogP contribution in [0.3, 0.4) is 0 Å². The first kappa shape index (κ1) is 12.7. The number of rotatable bonds is 6. The Balaban J connectivity index is 1.97.